The van der Waals surface area contributed by atoms with Gasteiger partial charge in [-0.15, -0.1) is 0 Å². The van der Waals surface area contributed by atoms with Gasteiger partial charge in [-0.05, 0) is 44.0 Å². The van der Waals surface area contributed by atoms with Crippen molar-refractivity contribution in [2.75, 3.05) is 0 Å². The third kappa shape index (κ3) is 3.55. The highest BCUT2D eigenvalue weighted by Gasteiger charge is 2.49. The van der Waals surface area contributed by atoms with Crippen LogP contribution in [0.3, 0.4) is 0 Å². The van der Waals surface area contributed by atoms with Crippen molar-refractivity contribution < 1.29 is 18.0 Å². The summed E-state index contributed by atoms with van der Waals surface area (Å²) in [4.78, 5) is 31.4. The van der Waals surface area contributed by atoms with E-state index in [0.717, 1.165) is 13.8 Å². The molecule has 1 N–H and O–H groups in total. The van der Waals surface area contributed by atoms with E-state index in [-0.39, 0.29) is 27.4 Å². The summed E-state index contributed by atoms with van der Waals surface area (Å²) >= 11 is 6.22. The maximum atomic E-state index is 13.4. The van der Waals surface area contributed by atoms with Crippen LogP contribution >= 0.6 is 11.6 Å². The Morgan fingerprint density at radius 3 is 2.41 bits per heavy atom. The molecule has 0 radical (unpaired) electrons. The van der Waals surface area contributed by atoms with E-state index >= 15 is 0 Å². The Hall–Kier alpha value is -2.67. The number of nitrogens with zero attached hydrogens (tertiary/aromatic N) is 1. The van der Waals surface area contributed by atoms with Crippen molar-refractivity contribution >= 4 is 28.3 Å². The molecule has 0 saturated heterocycles. The van der Waals surface area contributed by atoms with Crippen LogP contribution in [0, 0.1) is 6.92 Å². The number of fused-ring (bicyclic) bond motifs is 1. The van der Waals surface area contributed by atoms with Gasteiger partial charge in [-0.3, -0.25) is 14.6 Å². The summed E-state index contributed by atoms with van der Waals surface area (Å²) in [7, 11) is 0. The van der Waals surface area contributed by atoms with Crippen molar-refractivity contribution in [2.45, 2.75) is 39.3 Å². The monoisotopic (exact) mass is 422 g/mol. The van der Waals surface area contributed by atoms with Crippen molar-refractivity contribution in [1.82, 2.24) is 9.97 Å². The average Bonchev–Trinajstić information content (AvgIpc) is 2.61. The predicted molar refractivity (Wildman–Crippen MR) is 107 cm³/mol. The van der Waals surface area contributed by atoms with Crippen molar-refractivity contribution in [2.24, 2.45) is 0 Å². The summed E-state index contributed by atoms with van der Waals surface area (Å²) in [5.74, 6) is -0.341. The first kappa shape index (κ1) is 21.0. The molecule has 0 saturated carbocycles. The Morgan fingerprint density at radius 2 is 1.83 bits per heavy atom. The topological polar surface area (TPSA) is 62.8 Å². The number of aromatic nitrogens is 2. The highest BCUT2D eigenvalue weighted by molar-refractivity contribution is 6.31. The van der Waals surface area contributed by atoms with Gasteiger partial charge in [0, 0.05) is 29.8 Å². The van der Waals surface area contributed by atoms with Crippen LogP contribution in [0.5, 0.6) is 0 Å². The molecule has 0 amide bonds. The number of ketones is 1. The number of rotatable bonds is 3. The number of nitrogens with one attached hydrogen (secondary N) is 1. The molecule has 0 aliphatic heterocycles. The molecule has 2 aromatic heterocycles. The van der Waals surface area contributed by atoms with Crippen LogP contribution in [0.1, 0.15) is 42.4 Å². The van der Waals surface area contributed by atoms with Gasteiger partial charge in [0.25, 0.3) is 0 Å². The van der Waals surface area contributed by atoms with Crippen LogP contribution < -0.4 is 5.43 Å². The summed E-state index contributed by atoms with van der Waals surface area (Å²) in [6, 6.07) is 5.67. The van der Waals surface area contributed by atoms with Gasteiger partial charge in [0.2, 0.25) is 0 Å². The molecule has 8 heteroatoms. The average molecular weight is 423 g/mol. The van der Waals surface area contributed by atoms with E-state index in [0.29, 0.717) is 22.3 Å². The number of aryl methyl sites for hydroxylation is 1. The van der Waals surface area contributed by atoms with E-state index < -0.39 is 17.0 Å². The summed E-state index contributed by atoms with van der Waals surface area (Å²) < 4.78 is 40.3. The molecule has 0 atom stereocenters. The quantitative estimate of drug-likeness (QED) is 0.559. The lowest BCUT2D eigenvalue weighted by molar-refractivity contribution is -0.180. The third-order valence-electron chi connectivity index (χ3n) is 5.06. The Morgan fingerprint density at radius 1 is 1.17 bits per heavy atom. The number of hydrogen-bond donors (Lipinski definition) is 1. The van der Waals surface area contributed by atoms with E-state index in [9.17, 15) is 22.8 Å². The molecule has 3 rings (SSSR count). The predicted octanol–water partition coefficient (Wildman–Crippen LogP) is 5.59. The summed E-state index contributed by atoms with van der Waals surface area (Å²) in [5.41, 5.74) is -0.711. The molecule has 0 aliphatic carbocycles. The second-order valence-corrected chi connectivity index (χ2v) is 7.86. The number of aromatic amines is 1. The molecule has 29 heavy (non-hydrogen) atoms. The molecular formula is C21H18ClF3N2O2. The number of pyridine rings is 2. The largest absolute Gasteiger partial charge is 0.397 e. The Labute approximate surface area is 169 Å². The number of H-pyrrole nitrogens is 1. The van der Waals surface area contributed by atoms with E-state index in [1.54, 1.807) is 13.0 Å². The molecule has 3 aromatic rings. The first-order chi connectivity index (χ1) is 13.3. The fraction of sp³-hybridized carbons (Fsp3) is 0.286. The fourth-order valence-corrected chi connectivity index (χ4v) is 3.62. The van der Waals surface area contributed by atoms with Crippen LogP contribution in [-0.2, 0) is 5.41 Å². The molecule has 0 aliphatic rings. The van der Waals surface area contributed by atoms with Crippen LogP contribution in [0.4, 0.5) is 13.2 Å². The van der Waals surface area contributed by atoms with Gasteiger partial charge in [0.05, 0.1) is 22.0 Å². The molecule has 0 unspecified atom stereocenters. The van der Waals surface area contributed by atoms with Gasteiger partial charge in [0.15, 0.2) is 11.2 Å². The Bertz CT molecular complexity index is 1200. The van der Waals surface area contributed by atoms with Gasteiger partial charge in [-0.2, -0.15) is 13.2 Å². The van der Waals surface area contributed by atoms with Crippen LogP contribution in [0.2, 0.25) is 5.02 Å². The number of hydrogen-bond acceptors (Lipinski definition) is 3. The minimum Gasteiger partial charge on any atom is -0.354 e. The summed E-state index contributed by atoms with van der Waals surface area (Å²) in [6.45, 7) is 5.11. The van der Waals surface area contributed by atoms with Gasteiger partial charge >= 0.3 is 6.18 Å². The first-order valence-electron chi connectivity index (χ1n) is 8.75. The van der Waals surface area contributed by atoms with Crippen molar-refractivity contribution in [1.29, 1.82) is 0 Å². The second-order valence-electron chi connectivity index (χ2n) is 7.46. The Kier molecular flexibility index (Phi) is 5.07. The third-order valence-corrected chi connectivity index (χ3v) is 5.37. The zero-order valence-electron chi connectivity index (χ0n) is 16.2. The minimum absolute atomic E-state index is 0.0425. The van der Waals surface area contributed by atoms with E-state index in [1.165, 1.54) is 31.3 Å². The molecule has 0 spiro atoms. The number of halogens is 4. The van der Waals surface area contributed by atoms with Gasteiger partial charge < -0.3 is 4.98 Å². The van der Waals surface area contributed by atoms with E-state index in [1.807, 2.05) is 0 Å². The van der Waals surface area contributed by atoms with Gasteiger partial charge in [-0.1, -0.05) is 17.7 Å². The summed E-state index contributed by atoms with van der Waals surface area (Å²) in [6.07, 6.45) is -3.06. The van der Waals surface area contributed by atoms with Gasteiger partial charge in [-0.25, -0.2) is 0 Å². The molecule has 0 bridgehead atoms. The van der Waals surface area contributed by atoms with Gasteiger partial charge in [0.1, 0.15) is 5.69 Å². The standard InChI is InChI=1S/C21H18ClF3N2O2/c1-10-7-13(20(3,4)21(23,24)25)14(22)8-12(10)16-9-17(29)18-15(27-16)5-6-26-19(18)11(2)28/h5-9H,1-4H3,(H,27,29). The number of carbonyl (C=O) groups excluding carboxylic acids is 1. The van der Waals surface area contributed by atoms with Crippen LogP contribution in [0.25, 0.3) is 22.2 Å². The molecule has 2 heterocycles. The van der Waals surface area contributed by atoms with Crippen molar-refractivity contribution in [3.8, 4) is 11.3 Å². The molecule has 4 nitrogen and oxygen atoms in total. The highest BCUT2D eigenvalue weighted by atomic mass is 35.5. The van der Waals surface area contributed by atoms with Crippen molar-refractivity contribution in [3.05, 3.63) is 62.5 Å². The SMILES string of the molecule is CC(=O)c1nccc2[nH]c(-c3cc(Cl)c(C(C)(C)C(F)(F)F)cc3C)cc(=O)c12. The maximum absolute atomic E-state index is 13.4. The fourth-order valence-electron chi connectivity index (χ4n) is 3.22. The van der Waals surface area contributed by atoms with Crippen LogP contribution in [0.15, 0.2) is 35.3 Å². The Balaban J connectivity index is 2.23. The lowest BCUT2D eigenvalue weighted by Gasteiger charge is -2.30. The summed E-state index contributed by atoms with van der Waals surface area (Å²) in [5, 5.41) is 0.121. The maximum Gasteiger partial charge on any atom is 0.397 e. The smallest absolute Gasteiger partial charge is 0.354 e. The first-order valence-corrected chi connectivity index (χ1v) is 9.13. The van der Waals surface area contributed by atoms with E-state index in [4.69, 9.17) is 11.6 Å². The number of benzene rings is 1. The molecule has 1 aromatic carbocycles. The van der Waals surface area contributed by atoms with Crippen LogP contribution in [-0.4, -0.2) is 21.9 Å². The molecular weight excluding hydrogens is 405 g/mol. The number of alkyl halides is 3. The normalized spacial score (nSPS) is 12.4. The van der Waals surface area contributed by atoms with E-state index in [2.05, 4.69) is 9.97 Å². The second kappa shape index (κ2) is 6.99. The molecule has 152 valence electrons. The highest BCUT2D eigenvalue weighted by Crippen LogP contribution is 2.44. The lowest BCUT2D eigenvalue weighted by atomic mass is 9.82. The van der Waals surface area contributed by atoms with Crippen molar-refractivity contribution in [3.63, 3.8) is 0 Å². The molecule has 0 fully saturated rings. The zero-order chi connectivity index (χ0) is 21.7. The zero-order valence-corrected chi connectivity index (χ0v) is 16.9. The lowest BCUT2D eigenvalue weighted by Crippen LogP contribution is -2.36. The minimum atomic E-state index is -4.47. The number of Topliss-reactive ketones (excluding diaryl/α,β-unsaturated/α-hetero) is 1. The number of carbonyl (C=O) groups is 1.